The van der Waals surface area contributed by atoms with Gasteiger partial charge in [0.15, 0.2) is 0 Å². The van der Waals surface area contributed by atoms with Gasteiger partial charge in [-0.15, -0.1) is 11.3 Å². The predicted molar refractivity (Wildman–Crippen MR) is 238 cm³/mol. The normalized spacial score (nSPS) is 15.9. The van der Waals surface area contributed by atoms with E-state index < -0.39 is 0 Å². The van der Waals surface area contributed by atoms with Gasteiger partial charge in [-0.1, -0.05) is 152 Å². The van der Waals surface area contributed by atoms with Gasteiger partial charge in [-0.2, -0.15) is 0 Å². The lowest BCUT2D eigenvalue weighted by molar-refractivity contribution is 0.409. The van der Waals surface area contributed by atoms with Gasteiger partial charge in [-0.3, -0.25) is 5.32 Å². The molecule has 57 heavy (non-hydrogen) atoms. The molecule has 0 radical (unpaired) electrons. The molecule has 6 heteroatoms. The Bertz CT molecular complexity index is 3320. The Balaban J connectivity index is 0.967. The minimum absolute atomic E-state index is 0.110. The molecule has 2 N–H and O–H groups in total. The van der Waals surface area contributed by atoms with Gasteiger partial charge in [-0.25, -0.2) is 4.99 Å². The first-order valence-electron chi connectivity index (χ1n) is 19.4. The van der Waals surface area contributed by atoms with Crippen molar-refractivity contribution in [2.75, 3.05) is 0 Å². The minimum Gasteiger partial charge on any atom is -0.455 e. The van der Waals surface area contributed by atoms with Crippen LogP contribution < -0.4 is 10.6 Å². The van der Waals surface area contributed by atoms with Gasteiger partial charge in [0.25, 0.3) is 0 Å². The van der Waals surface area contributed by atoms with Crippen LogP contribution in [0.2, 0.25) is 0 Å². The fourth-order valence-corrected chi connectivity index (χ4v) is 10.1. The number of furan rings is 1. The number of amidine groups is 1. The van der Waals surface area contributed by atoms with Crippen molar-refractivity contribution in [3.8, 4) is 16.8 Å². The first-order valence-corrected chi connectivity index (χ1v) is 20.2. The van der Waals surface area contributed by atoms with E-state index in [4.69, 9.17) is 9.41 Å². The van der Waals surface area contributed by atoms with E-state index in [1.54, 1.807) is 0 Å². The molecule has 0 amide bonds. The Morgan fingerprint density at radius 3 is 1.98 bits per heavy atom. The first kappa shape index (κ1) is 32.3. The number of hydrogen-bond acceptors (Lipinski definition) is 5. The van der Waals surface area contributed by atoms with E-state index in [-0.39, 0.29) is 12.3 Å². The summed E-state index contributed by atoms with van der Waals surface area (Å²) in [6.07, 6.45) is -0.384. The number of aliphatic imine (C=N–C) groups is 1. The van der Waals surface area contributed by atoms with Gasteiger partial charge >= 0.3 is 0 Å². The van der Waals surface area contributed by atoms with Gasteiger partial charge in [-0.05, 0) is 41.5 Å². The molecule has 8 aromatic carbocycles. The maximum absolute atomic E-state index is 6.87. The SMILES string of the molecule is c1ccc(C2=NC(c3ccc4c(c3)oc3c(-c5cccc6c5sc5cc(-n7c8ccccc8c8ccccc87)ccc56)cccc34)NC(c3ccccc3)N2)cc1. The smallest absolute Gasteiger partial charge is 0.143 e. The molecule has 1 aliphatic heterocycles. The fourth-order valence-electron chi connectivity index (χ4n) is 8.83. The van der Waals surface area contributed by atoms with Crippen molar-refractivity contribution < 1.29 is 4.42 Å². The molecule has 5 nitrogen and oxygen atoms in total. The van der Waals surface area contributed by atoms with Gasteiger partial charge in [0.1, 0.15) is 29.3 Å². The summed E-state index contributed by atoms with van der Waals surface area (Å²) >= 11 is 1.85. The second-order valence-electron chi connectivity index (χ2n) is 14.8. The maximum atomic E-state index is 6.87. The zero-order chi connectivity index (χ0) is 37.5. The molecular weight excluding hydrogens is 717 g/mol. The summed E-state index contributed by atoms with van der Waals surface area (Å²) in [5.74, 6) is 0.860. The van der Waals surface area contributed by atoms with E-state index in [0.717, 1.165) is 50.0 Å². The largest absolute Gasteiger partial charge is 0.455 e. The molecule has 11 aromatic rings. The van der Waals surface area contributed by atoms with Crippen LogP contribution in [-0.2, 0) is 0 Å². The second-order valence-corrected chi connectivity index (χ2v) is 15.8. The van der Waals surface area contributed by atoms with E-state index in [0.29, 0.717) is 0 Å². The maximum Gasteiger partial charge on any atom is 0.143 e. The van der Waals surface area contributed by atoms with Crippen LogP contribution in [0.5, 0.6) is 0 Å². The zero-order valence-electron chi connectivity index (χ0n) is 30.7. The predicted octanol–water partition coefficient (Wildman–Crippen LogP) is 13.1. The van der Waals surface area contributed by atoms with Crippen molar-refractivity contribution in [3.05, 3.63) is 199 Å². The second kappa shape index (κ2) is 12.8. The number of nitrogens with one attached hydrogen (secondary N) is 2. The summed E-state index contributed by atoms with van der Waals surface area (Å²) in [7, 11) is 0. The summed E-state index contributed by atoms with van der Waals surface area (Å²) in [5, 5.41) is 14.6. The third kappa shape index (κ3) is 5.15. The summed E-state index contributed by atoms with van der Waals surface area (Å²) in [4.78, 5) is 5.18. The molecule has 1 aliphatic rings. The minimum atomic E-state index is -0.275. The molecule has 2 unspecified atom stereocenters. The fraction of sp³-hybridized carbons (Fsp3) is 0.0392. The number of thiophene rings is 1. The highest BCUT2D eigenvalue weighted by molar-refractivity contribution is 7.26. The highest BCUT2D eigenvalue weighted by Crippen LogP contribution is 2.45. The number of fused-ring (bicyclic) bond motifs is 9. The van der Waals surface area contributed by atoms with E-state index >= 15 is 0 Å². The summed E-state index contributed by atoms with van der Waals surface area (Å²) in [6.45, 7) is 0. The Labute approximate surface area is 332 Å². The number of hydrogen-bond donors (Lipinski definition) is 2. The summed E-state index contributed by atoms with van der Waals surface area (Å²) in [5.41, 5.74) is 10.9. The summed E-state index contributed by atoms with van der Waals surface area (Å²) < 4.78 is 11.8. The standard InChI is InChI=1S/C51H34N4OS/c1-3-13-31(14-4-1)49-52-50(32-15-5-2-6-16-32)54-51(53-49)33-25-27-37-39-19-11-20-40(47(39)56-45(37)29-33)42-22-12-21-41-38-28-26-34(30-46(38)57-48(41)42)55-43-23-9-7-17-35(43)36-18-8-10-24-44(36)55/h1-30,49,51,53H,(H,52,54). The molecule has 0 spiro atoms. The Kier molecular flexibility index (Phi) is 7.24. The van der Waals surface area contributed by atoms with Crippen molar-refractivity contribution in [3.63, 3.8) is 0 Å². The molecule has 12 rings (SSSR count). The molecule has 3 aromatic heterocycles. The molecular formula is C51H34N4OS. The lowest BCUT2D eigenvalue weighted by atomic mass is 10.00. The third-order valence-electron chi connectivity index (χ3n) is 11.5. The highest BCUT2D eigenvalue weighted by atomic mass is 32.1. The molecule has 0 saturated carbocycles. The van der Waals surface area contributed by atoms with Crippen LogP contribution in [0.4, 0.5) is 0 Å². The lowest BCUT2D eigenvalue weighted by Gasteiger charge is -2.32. The Morgan fingerprint density at radius 2 is 1.19 bits per heavy atom. The van der Waals surface area contributed by atoms with Crippen molar-refractivity contribution in [1.29, 1.82) is 0 Å². The van der Waals surface area contributed by atoms with Crippen LogP contribution >= 0.6 is 11.3 Å². The average Bonchev–Trinajstić information content (AvgIpc) is 3.96. The van der Waals surface area contributed by atoms with E-state index in [1.165, 1.54) is 53.2 Å². The van der Waals surface area contributed by atoms with Gasteiger partial charge in [0.2, 0.25) is 0 Å². The number of benzene rings is 8. The van der Waals surface area contributed by atoms with Crippen molar-refractivity contribution in [2.24, 2.45) is 4.99 Å². The van der Waals surface area contributed by atoms with E-state index in [1.807, 2.05) is 23.5 Å². The Hall–Kier alpha value is -6.99. The summed E-state index contributed by atoms with van der Waals surface area (Å²) in [6, 6.07) is 64.8. The number of para-hydroxylation sites is 3. The van der Waals surface area contributed by atoms with Crippen LogP contribution in [0.25, 0.3) is 80.7 Å². The van der Waals surface area contributed by atoms with Gasteiger partial charge < -0.3 is 14.3 Å². The van der Waals surface area contributed by atoms with Gasteiger partial charge in [0.05, 0.1) is 11.0 Å². The van der Waals surface area contributed by atoms with E-state index in [2.05, 4.69) is 185 Å². The molecule has 270 valence electrons. The van der Waals surface area contributed by atoms with Crippen LogP contribution in [0.1, 0.15) is 29.0 Å². The molecule has 0 aliphatic carbocycles. The average molecular weight is 751 g/mol. The molecule has 0 bridgehead atoms. The van der Waals surface area contributed by atoms with Crippen LogP contribution in [0.15, 0.2) is 191 Å². The Morgan fingerprint density at radius 1 is 0.526 bits per heavy atom. The van der Waals surface area contributed by atoms with Crippen LogP contribution in [-0.4, -0.2) is 10.4 Å². The first-order chi connectivity index (χ1) is 28.2. The number of aromatic nitrogens is 1. The lowest BCUT2D eigenvalue weighted by Crippen LogP contribution is -2.44. The van der Waals surface area contributed by atoms with Crippen LogP contribution in [0, 0.1) is 0 Å². The van der Waals surface area contributed by atoms with E-state index in [9.17, 15) is 0 Å². The molecule has 2 atom stereocenters. The highest BCUT2D eigenvalue weighted by Gasteiger charge is 2.26. The van der Waals surface area contributed by atoms with Crippen molar-refractivity contribution >= 4 is 81.1 Å². The quantitative estimate of drug-likeness (QED) is 0.184. The number of rotatable bonds is 5. The monoisotopic (exact) mass is 750 g/mol. The molecule has 4 heterocycles. The molecule has 0 fully saturated rings. The third-order valence-corrected chi connectivity index (χ3v) is 12.7. The van der Waals surface area contributed by atoms with Crippen LogP contribution in [0.3, 0.4) is 0 Å². The molecule has 0 saturated heterocycles. The van der Waals surface area contributed by atoms with Crippen molar-refractivity contribution in [1.82, 2.24) is 15.2 Å². The zero-order valence-corrected chi connectivity index (χ0v) is 31.5. The van der Waals surface area contributed by atoms with Crippen molar-refractivity contribution in [2.45, 2.75) is 12.3 Å². The topological polar surface area (TPSA) is 54.5 Å². The van der Waals surface area contributed by atoms with Gasteiger partial charge in [0, 0.05) is 64.1 Å². The number of nitrogens with zero attached hydrogens (tertiary/aromatic N) is 2.